The van der Waals surface area contributed by atoms with E-state index in [2.05, 4.69) is 0 Å². The number of anilines is 1. The van der Waals surface area contributed by atoms with Crippen LogP contribution in [0.5, 0.6) is 0 Å². The molecule has 1 fully saturated rings. The van der Waals surface area contributed by atoms with Gasteiger partial charge in [0.15, 0.2) is 0 Å². The summed E-state index contributed by atoms with van der Waals surface area (Å²) in [4.78, 5) is 29.6. The Morgan fingerprint density at radius 3 is 2.74 bits per heavy atom. The molecule has 23 heavy (non-hydrogen) atoms. The van der Waals surface area contributed by atoms with Gasteiger partial charge in [-0.05, 0) is 32.0 Å². The van der Waals surface area contributed by atoms with E-state index in [4.69, 9.17) is 16.7 Å². The zero-order valence-electron chi connectivity index (χ0n) is 13.4. The van der Waals surface area contributed by atoms with Gasteiger partial charge < -0.3 is 14.9 Å². The molecule has 0 saturated carbocycles. The van der Waals surface area contributed by atoms with Crippen molar-refractivity contribution in [2.24, 2.45) is 0 Å². The molecule has 1 aliphatic heterocycles. The fourth-order valence-electron chi connectivity index (χ4n) is 2.65. The average Bonchev–Trinajstić information content (AvgIpc) is 2.85. The molecule has 1 aromatic carbocycles. The summed E-state index contributed by atoms with van der Waals surface area (Å²) in [6.07, 6.45) is 0. The predicted octanol–water partition coefficient (Wildman–Crippen LogP) is 1.81. The molecule has 2 rings (SSSR count). The van der Waals surface area contributed by atoms with Gasteiger partial charge in [0, 0.05) is 36.4 Å². The van der Waals surface area contributed by atoms with Gasteiger partial charge in [-0.25, -0.2) is 4.79 Å². The van der Waals surface area contributed by atoms with Gasteiger partial charge in [-0.1, -0.05) is 17.7 Å². The van der Waals surface area contributed by atoms with E-state index in [1.54, 1.807) is 28.0 Å². The van der Waals surface area contributed by atoms with Crippen LogP contribution in [0.2, 0.25) is 5.02 Å². The zero-order valence-corrected chi connectivity index (χ0v) is 14.2. The lowest BCUT2D eigenvalue weighted by molar-refractivity contribution is -0.133. The third-order valence-corrected chi connectivity index (χ3v) is 4.06. The monoisotopic (exact) mass is 339 g/mol. The average molecular weight is 340 g/mol. The lowest BCUT2D eigenvalue weighted by atomic mass is 10.3. The molecule has 1 heterocycles. The van der Waals surface area contributed by atoms with Crippen molar-refractivity contribution in [1.82, 2.24) is 9.80 Å². The van der Waals surface area contributed by atoms with Gasteiger partial charge in [0.1, 0.15) is 6.54 Å². The van der Waals surface area contributed by atoms with E-state index < -0.39 is 0 Å². The van der Waals surface area contributed by atoms with Crippen molar-refractivity contribution in [2.45, 2.75) is 19.9 Å². The summed E-state index contributed by atoms with van der Waals surface area (Å²) in [5.41, 5.74) is 0.730. The van der Waals surface area contributed by atoms with E-state index in [0.717, 1.165) is 5.69 Å². The van der Waals surface area contributed by atoms with Crippen molar-refractivity contribution in [1.29, 1.82) is 0 Å². The fourth-order valence-corrected chi connectivity index (χ4v) is 2.83. The van der Waals surface area contributed by atoms with Gasteiger partial charge in [0.2, 0.25) is 5.91 Å². The smallest absolute Gasteiger partial charge is 0.325 e. The first-order valence-corrected chi connectivity index (χ1v) is 8.04. The summed E-state index contributed by atoms with van der Waals surface area (Å²) < 4.78 is 0. The maximum absolute atomic E-state index is 12.5. The maximum atomic E-state index is 12.5. The Balaban J connectivity index is 2.03. The van der Waals surface area contributed by atoms with Crippen LogP contribution in [0.1, 0.15) is 13.8 Å². The molecular formula is C16H22ClN3O3. The van der Waals surface area contributed by atoms with Crippen LogP contribution >= 0.6 is 11.6 Å². The second-order valence-corrected chi connectivity index (χ2v) is 6.18. The highest BCUT2D eigenvalue weighted by molar-refractivity contribution is 6.30. The number of aliphatic hydroxyl groups excluding tert-OH is 1. The summed E-state index contributed by atoms with van der Waals surface area (Å²) >= 11 is 5.97. The summed E-state index contributed by atoms with van der Waals surface area (Å²) in [5.74, 6) is -0.157. The van der Waals surface area contributed by atoms with Crippen LogP contribution < -0.4 is 4.90 Å². The number of benzene rings is 1. The van der Waals surface area contributed by atoms with E-state index in [0.29, 0.717) is 18.1 Å². The second kappa shape index (κ2) is 7.66. The van der Waals surface area contributed by atoms with Crippen LogP contribution in [-0.2, 0) is 4.79 Å². The Kier molecular flexibility index (Phi) is 5.85. The van der Waals surface area contributed by atoms with Crippen LogP contribution in [0, 0.1) is 0 Å². The quantitative estimate of drug-likeness (QED) is 0.859. The Morgan fingerprint density at radius 1 is 1.39 bits per heavy atom. The molecule has 0 aliphatic carbocycles. The first-order chi connectivity index (χ1) is 10.9. The zero-order chi connectivity index (χ0) is 17.0. The number of carbonyl (C=O) groups is 2. The van der Waals surface area contributed by atoms with Crippen molar-refractivity contribution in [2.75, 3.05) is 37.7 Å². The summed E-state index contributed by atoms with van der Waals surface area (Å²) in [5, 5.41) is 9.64. The van der Waals surface area contributed by atoms with Crippen molar-refractivity contribution in [3.63, 3.8) is 0 Å². The molecule has 0 unspecified atom stereocenters. The first-order valence-electron chi connectivity index (χ1n) is 7.66. The number of carbonyl (C=O) groups excluding carboxylic acids is 2. The fraction of sp³-hybridized carbons (Fsp3) is 0.500. The summed E-state index contributed by atoms with van der Waals surface area (Å²) in [7, 11) is 0. The van der Waals surface area contributed by atoms with Gasteiger partial charge >= 0.3 is 6.03 Å². The van der Waals surface area contributed by atoms with Gasteiger partial charge in [-0.2, -0.15) is 0 Å². The molecule has 0 aromatic heterocycles. The SMILES string of the molecule is CC(C)N(CCO)C(=O)CN1CCN(c2cccc(Cl)c2)C1=O. The van der Waals surface area contributed by atoms with Crippen molar-refractivity contribution in [3.8, 4) is 0 Å². The Hall–Kier alpha value is -1.79. The molecule has 7 heteroatoms. The van der Waals surface area contributed by atoms with Crippen LogP contribution in [0.15, 0.2) is 24.3 Å². The van der Waals surface area contributed by atoms with E-state index in [-0.39, 0.29) is 37.7 Å². The molecule has 1 N–H and O–H groups in total. The highest BCUT2D eigenvalue weighted by atomic mass is 35.5. The number of amides is 3. The van der Waals surface area contributed by atoms with E-state index >= 15 is 0 Å². The molecular weight excluding hydrogens is 318 g/mol. The molecule has 6 nitrogen and oxygen atoms in total. The van der Waals surface area contributed by atoms with Crippen LogP contribution in [0.3, 0.4) is 0 Å². The molecule has 1 saturated heterocycles. The largest absolute Gasteiger partial charge is 0.395 e. The van der Waals surface area contributed by atoms with Crippen molar-refractivity contribution in [3.05, 3.63) is 29.3 Å². The first kappa shape index (κ1) is 17.6. The van der Waals surface area contributed by atoms with Gasteiger partial charge in [0.05, 0.1) is 6.61 Å². The lowest BCUT2D eigenvalue weighted by Gasteiger charge is -2.28. The van der Waals surface area contributed by atoms with Gasteiger partial charge in [-0.3, -0.25) is 9.69 Å². The minimum Gasteiger partial charge on any atom is -0.395 e. The molecule has 3 amide bonds. The topological polar surface area (TPSA) is 64.1 Å². The highest BCUT2D eigenvalue weighted by Crippen LogP contribution is 2.23. The molecule has 0 radical (unpaired) electrons. The number of aliphatic hydroxyl groups is 1. The minimum absolute atomic E-state index is 0.0172. The highest BCUT2D eigenvalue weighted by Gasteiger charge is 2.32. The lowest BCUT2D eigenvalue weighted by Crippen LogP contribution is -2.46. The minimum atomic E-state index is -0.201. The predicted molar refractivity (Wildman–Crippen MR) is 89.7 cm³/mol. The van der Waals surface area contributed by atoms with E-state index in [9.17, 15) is 9.59 Å². The summed E-state index contributed by atoms with van der Waals surface area (Å²) in [6, 6.07) is 6.88. The van der Waals surface area contributed by atoms with Crippen LogP contribution in [0.4, 0.5) is 10.5 Å². The van der Waals surface area contributed by atoms with Crippen LogP contribution in [-0.4, -0.2) is 65.7 Å². The second-order valence-electron chi connectivity index (χ2n) is 5.74. The van der Waals surface area contributed by atoms with Gasteiger partial charge in [-0.15, -0.1) is 0 Å². The Bertz CT molecular complexity index is 579. The molecule has 0 spiro atoms. The van der Waals surface area contributed by atoms with Crippen molar-refractivity contribution >= 4 is 29.2 Å². The van der Waals surface area contributed by atoms with Crippen LogP contribution in [0.25, 0.3) is 0 Å². The Labute approximate surface area is 141 Å². The number of hydrogen-bond acceptors (Lipinski definition) is 3. The number of urea groups is 1. The third kappa shape index (κ3) is 4.14. The number of hydrogen-bond donors (Lipinski definition) is 1. The molecule has 126 valence electrons. The number of rotatable bonds is 6. The van der Waals surface area contributed by atoms with E-state index in [1.807, 2.05) is 19.9 Å². The number of nitrogens with zero attached hydrogens (tertiary/aromatic N) is 3. The summed E-state index contributed by atoms with van der Waals surface area (Å²) in [6.45, 7) is 4.99. The third-order valence-electron chi connectivity index (χ3n) is 3.83. The molecule has 1 aromatic rings. The standard InChI is InChI=1S/C16H22ClN3O3/c1-12(2)19(8-9-21)15(22)11-18-6-7-20(16(18)23)14-5-3-4-13(17)10-14/h3-5,10,12,21H,6-9,11H2,1-2H3. The molecule has 0 atom stereocenters. The maximum Gasteiger partial charge on any atom is 0.325 e. The normalized spacial score (nSPS) is 14.7. The molecule has 1 aliphatic rings. The molecule has 0 bridgehead atoms. The Morgan fingerprint density at radius 2 is 2.13 bits per heavy atom. The van der Waals surface area contributed by atoms with Crippen molar-refractivity contribution < 1.29 is 14.7 Å². The van der Waals surface area contributed by atoms with E-state index in [1.165, 1.54) is 4.90 Å². The van der Waals surface area contributed by atoms with Gasteiger partial charge in [0.25, 0.3) is 0 Å². The number of halogens is 1.